The molecule has 1 fully saturated rings. The van der Waals surface area contributed by atoms with Crippen LogP contribution in [0.15, 0.2) is 36.4 Å². The fraction of sp³-hybridized carbons (Fsp3) is 0.286. The van der Waals surface area contributed by atoms with Gasteiger partial charge in [0, 0.05) is 12.6 Å². The number of carbonyl (C=O) groups excluding carboxylic acids is 3. The summed E-state index contributed by atoms with van der Waals surface area (Å²) < 4.78 is 32.1. The van der Waals surface area contributed by atoms with E-state index in [4.69, 9.17) is 4.74 Å². The number of amides is 2. The molecule has 2 amide bonds. The van der Waals surface area contributed by atoms with Gasteiger partial charge in [0.1, 0.15) is 17.7 Å². The molecule has 4 rings (SSSR count). The zero-order valence-corrected chi connectivity index (χ0v) is 16.1. The maximum atomic E-state index is 13.7. The van der Waals surface area contributed by atoms with Gasteiger partial charge >= 0.3 is 5.97 Å². The minimum atomic E-state index is -1.26. The Hall–Kier alpha value is -3.49. The van der Waals surface area contributed by atoms with Gasteiger partial charge in [0.25, 0.3) is 5.91 Å². The Morgan fingerprint density at radius 3 is 2.83 bits per heavy atom. The predicted octanol–water partition coefficient (Wildman–Crippen LogP) is 3.07. The van der Waals surface area contributed by atoms with Crippen molar-refractivity contribution in [2.75, 3.05) is 22.1 Å². The minimum Gasteiger partial charge on any atom is -0.449 e. The van der Waals surface area contributed by atoms with Crippen molar-refractivity contribution in [3.05, 3.63) is 53.6 Å². The molecule has 2 aromatic carbocycles. The maximum absolute atomic E-state index is 13.7. The van der Waals surface area contributed by atoms with Crippen molar-refractivity contribution in [1.82, 2.24) is 0 Å². The molecule has 2 atom stereocenters. The van der Waals surface area contributed by atoms with Crippen LogP contribution in [0, 0.1) is 11.6 Å². The quantitative estimate of drug-likeness (QED) is 0.750. The standard InChI is InChI=1S/C21H19F2N3O4/c1-11(19(27)24-15-10-13(22)5-6-14(15)23)30-21(29)12-4-7-17-16(9-12)25-20(28)18-3-2-8-26(17)18/h4-7,9-11,18H,2-3,8H2,1H3,(H,24,27)(H,25,28)/t11-,18-/m1/s1. The van der Waals surface area contributed by atoms with E-state index < -0.39 is 29.6 Å². The number of esters is 1. The summed E-state index contributed by atoms with van der Waals surface area (Å²) in [6.07, 6.45) is 0.446. The van der Waals surface area contributed by atoms with Gasteiger partial charge in [-0.25, -0.2) is 13.6 Å². The van der Waals surface area contributed by atoms with Crippen molar-refractivity contribution in [2.45, 2.75) is 31.9 Å². The fourth-order valence-electron chi connectivity index (χ4n) is 3.67. The molecule has 0 saturated carbocycles. The van der Waals surface area contributed by atoms with Crippen LogP contribution in [0.25, 0.3) is 0 Å². The Morgan fingerprint density at radius 1 is 1.23 bits per heavy atom. The van der Waals surface area contributed by atoms with E-state index in [2.05, 4.69) is 10.6 Å². The van der Waals surface area contributed by atoms with Gasteiger partial charge in [0.15, 0.2) is 6.10 Å². The van der Waals surface area contributed by atoms with Crippen molar-refractivity contribution in [3.63, 3.8) is 0 Å². The molecule has 0 unspecified atom stereocenters. The molecule has 2 aliphatic rings. The van der Waals surface area contributed by atoms with Crippen LogP contribution < -0.4 is 15.5 Å². The number of hydrogen-bond acceptors (Lipinski definition) is 5. The van der Waals surface area contributed by atoms with E-state index in [-0.39, 0.29) is 23.2 Å². The van der Waals surface area contributed by atoms with E-state index >= 15 is 0 Å². The van der Waals surface area contributed by atoms with Gasteiger partial charge in [0.2, 0.25) is 5.91 Å². The van der Waals surface area contributed by atoms with Gasteiger partial charge in [-0.1, -0.05) is 0 Å². The van der Waals surface area contributed by atoms with Crippen LogP contribution in [0.3, 0.4) is 0 Å². The number of nitrogens with zero attached hydrogens (tertiary/aromatic N) is 1. The number of nitrogens with one attached hydrogen (secondary N) is 2. The van der Waals surface area contributed by atoms with E-state index in [0.29, 0.717) is 5.69 Å². The molecule has 7 nitrogen and oxygen atoms in total. The highest BCUT2D eigenvalue weighted by molar-refractivity contribution is 6.05. The van der Waals surface area contributed by atoms with Crippen LogP contribution in [0.5, 0.6) is 0 Å². The number of ether oxygens (including phenoxy) is 1. The largest absolute Gasteiger partial charge is 0.449 e. The molecule has 2 aromatic rings. The van der Waals surface area contributed by atoms with Crippen LogP contribution >= 0.6 is 0 Å². The normalized spacial score (nSPS) is 18.2. The van der Waals surface area contributed by atoms with Gasteiger partial charge in [-0.3, -0.25) is 9.59 Å². The molecule has 0 aliphatic carbocycles. The molecule has 0 bridgehead atoms. The van der Waals surface area contributed by atoms with Gasteiger partial charge in [-0.15, -0.1) is 0 Å². The lowest BCUT2D eigenvalue weighted by Gasteiger charge is -2.33. The Labute approximate surface area is 171 Å². The smallest absolute Gasteiger partial charge is 0.338 e. The van der Waals surface area contributed by atoms with Crippen LogP contribution in [0.1, 0.15) is 30.1 Å². The number of benzene rings is 2. The van der Waals surface area contributed by atoms with Crippen molar-refractivity contribution in [1.29, 1.82) is 0 Å². The third kappa shape index (κ3) is 3.70. The van der Waals surface area contributed by atoms with Gasteiger partial charge in [-0.2, -0.15) is 0 Å². The second-order valence-electron chi connectivity index (χ2n) is 7.23. The predicted molar refractivity (Wildman–Crippen MR) is 105 cm³/mol. The first-order chi connectivity index (χ1) is 14.3. The number of halogens is 2. The average Bonchev–Trinajstić information content (AvgIpc) is 3.21. The Kier molecular flexibility index (Phi) is 5.11. The number of anilines is 3. The Morgan fingerprint density at radius 2 is 2.03 bits per heavy atom. The lowest BCUT2D eigenvalue weighted by molar-refractivity contribution is -0.123. The van der Waals surface area contributed by atoms with Gasteiger partial charge in [0.05, 0.1) is 22.6 Å². The Bertz CT molecular complexity index is 1040. The summed E-state index contributed by atoms with van der Waals surface area (Å²) in [6, 6.07) is 7.24. The molecule has 9 heteroatoms. The van der Waals surface area contributed by atoms with Gasteiger partial charge in [-0.05, 0) is 50.1 Å². The Balaban J connectivity index is 1.45. The molecule has 0 aromatic heterocycles. The lowest BCUT2D eigenvalue weighted by atomic mass is 10.1. The van der Waals surface area contributed by atoms with Crippen LogP contribution in [-0.4, -0.2) is 36.5 Å². The summed E-state index contributed by atoms with van der Waals surface area (Å²) in [5, 5.41) is 5.00. The fourth-order valence-corrected chi connectivity index (χ4v) is 3.67. The lowest BCUT2D eigenvalue weighted by Crippen LogP contribution is -2.43. The van der Waals surface area contributed by atoms with Crippen LogP contribution in [-0.2, 0) is 14.3 Å². The van der Waals surface area contributed by atoms with E-state index in [0.717, 1.165) is 43.3 Å². The molecule has 2 heterocycles. The second-order valence-corrected chi connectivity index (χ2v) is 7.23. The van der Waals surface area contributed by atoms with E-state index in [1.54, 1.807) is 12.1 Å². The van der Waals surface area contributed by atoms with Gasteiger partial charge < -0.3 is 20.3 Å². The maximum Gasteiger partial charge on any atom is 0.338 e. The van der Waals surface area contributed by atoms with E-state index in [9.17, 15) is 23.2 Å². The first-order valence-corrected chi connectivity index (χ1v) is 9.52. The first kappa shape index (κ1) is 19.8. The van der Waals surface area contributed by atoms with E-state index in [1.165, 1.54) is 13.0 Å². The summed E-state index contributed by atoms with van der Waals surface area (Å²) in [6.45, 7) is 2.09. The molecule has 1 saturated heterocycles. The third-order valence-corrected chi connectivity index (χ3v) is 5.19. The zero-order chi connectivity index (χ0) is 21.4. The number of hydrogen-bond donors (Lipinski definition) is 2. The van der Waals surface area contributed by atoms with Crippen molar-refractivity contribution in [3.8, 4) is 0 Å². The van der Waals surface area contributed by atoms with E-state index in [1.807, 2.05) is 4.90 Å². The minimum absolute atomic E-state index is 0.115. The summed E-state index contributed by atoms with van der Waals surface area (Å²) in [5.74, 6) is -3.23. The third-order valence-electron chi connectivity index (χ3n) is 5.19. The summed E-state index contributed by atoms with van der Waals surface area (Å²) >= 11 is 0. The van der Waals surface area contributed by atoms with Crippen molar-refractivity contribution < 1.29 is 27.9 Å². The highest BCUT2D eigenvalue weighted by Crippen LogP contribution is 2.37. The summed E-state index contributed by atoms with van der Waals surface area (Å²) in [5.41, 5.74) is 1.15. The molecule has 2 aliphatic heterocycles. The molecular weight excluding hydrogens is 396 g/mol. The molecule has 0 spiro atoms. The van der Waals surface area contributed by atoms with Crippen molar-refractivity contribution in [2.24, 2.45) is 0 Å². The van der Waals surface area contributed by atoms with Crippen LogP contribution in [0.2, 0.25) is 0 Å². The first-order valence-electron chi connectivity index (χ1n) is 9.52. The molecule has 30 heavy (non-hydrogen) atoms. The SMILES string of the molecule is C[C@@H](OC(=O)c1ccc2c(c1)NC(=O)[C@H]1CCCN21)C(=O)Nc1cc(F)ccc1F. The highest BCUT2D eigenvalue weighted by atomic mass is 19.1. The zero-order valence-electron chi connectivity index (χ0n) is 16.1. The topological polar surface area (TPSA) is 87.7 Å². The number of carbonyl (C=O) groups is 3. The molecule has 156 valence electrons. The van der Waals surface area contributed by atoms with Crippen molar-refractivity contribution >= 4 is 34.8 Å². The monoisotopic (exact) mass is 415 g/mol. The average molecular weight is 415 g/mol. The second kappa shape index (κ2) is 7.74. The van der Waals surface area contributed by atoms with Crippen LogP contribution in [0.4, 0.5) is 25.8 Å². The molecule has 0 radical (unpaired) electrons. The summed E-state index contributed by atoms with van der Waals surface area (Å²) in [4.78, 5) is 38.9. The number of rotatable bonds is 4. The molecular formula is C21H19F2N3O4. The summed E-state index contributed by atoms with van der Waals surface area (Å²) in [7, 11) is 0. The number of fused-ring (bicyclic) bond motifs is 3. The highest BCUT2D eigenvalue weighted by Gasteiger charge is 2.36. The molecule has 2 N–H and O–H groups in total.